The number of nitrogens with zero attached hydrogens (tertiary/aromatic N) is 1. The number of hydrogen-bond acceptors (Lipinski definition) is 3. The minimum atomic E-state index is -2.92. The molecule has 0 spiro atoms. The van der Waals surface area contributed by atoms with Gasteiger partial charge < -0.3 is 10.1 Å². The summed E-state index contributed by atoms with van der Waals surface area (Å²) in [6.45, 7) is -2.92. The van der Waals surface area contributed by atoms with Crippen LogP contribution in [0.5, 0.6) is 5.75 Å². The van der Waals surface area contributed by atoms with Crippen LogP contribution in [0.4, 0.5) is 18.9 Å². The van der Waals surface area contributed by atoms with Crippen molar-refractivity contribution in [1.82, 2.24) is 5.43 Å². The molecule has 0 unspecified atom stereocenters. The first kappa shape index (κ1) is 16.8. The van der Waals surface area contributed by atoms with E-state index in [4.69, 9.17) is 12.2 Å². The zero-order valence-corrected chi connectivity index (χ0v) is 12.5. The van der Waals surface area contributed by atoms with Crippen LogP contribution in [0.15, 0.2) is 53.6 Å². The summed E-state index contributed by atoms with van der Waals surface area (Å²) >= 11 is 5.01. The molecule has 8 heteroatoms. The third kappa shape index (κ3) is 5.59. The molecule has 0 radical (unpaired) electrons. The number of thiocarbonyl (C=S) groups is 1. The van der Waals surface area contributed by atoms with Gasteiger partial charge in [-0.1, -0.05) is 12.1 Å². The van der Waals surface area contributed by atoms with Crippen LogP contribution in [-0.2, 0) is 0 Å². The maximum atomic E-state index is 12.8. The monoisotopic (exact) mass is 339 g/mol. The lowest BCUT2D eigenvalue weighted by atomic mass is 10.2. The molecule has 0 saturated carbocycles. The molecule has 23 heavy (non-hydrogen) atoms. The Bertz CT molecular complexity index is 693. The van der Waals surface area contributed by atoms with Crippen molar-refractivity contribution < 1.29 is 17.9 Å². The van der Waals surface area contributed by atoms with E-state index in [1.54, 1.807) is 18.2 Å². The van der Waals surface area contributed by atoms with Crippen LogP contribution >= 0.6 is 12.2 Å². The number of para-hydroxylation sites is 1. The van der Waals surface area contributed by atoms with Gasteiger partial charge in [0, 0.05) is 11.3 Å². The number of nitrogens with one attached hydrogen (secondary N) is 2. The first-order valence-corrected chi connectivity index (χ1v) is 6.85. The van der Waals surface area contributed by atoms with Crippen molar-refractivity contribution in [2.75, 3.05) is 5.32 Å². The van der Waals surface area contributed by atoms with Crippen molar-refractivity contribution in [1.29, 1.82) is 0 Å². The van der Waals surface area contributed by atoms with E-state index in [-0.39, 0.29) is 16.7 Å². The molecule has 0 aromatic heterocycles. The van der Waals surface area contributed by atoms with Crippen molar-refractivity contribution in [2.45, 2.75) is 6.61 Å². The van der Waals surface area contributed by atoms with Crippen molar-refractivity contribution >= 4 is 29.2 Å². The van der Waals surface area contributed by atoms with E-state index in [0.717, 1.165) is 0 Å². The average molecular weight is 339 g/mol. The minimum Gasteiger partial charge on any atom is -0.434 e. The molecule has 0 amide bonds. The Balaban J connectivity index is 1.93. The van der Waals surface area contributed by atoms with Gasteiger partial charge in [-0.3, -0.25) is 5.43 Å². The lowest BCUT2D eigenvalue weighted by Crippen LogP contribution is -2.23. The van der Waals surface area contributed by atoms with Crippen LogP contribution in [0.25, 0.3) is 0 Å². The van der Waals surface area contributed by atoms with Crippen molar-refractivity contribution in [3.05, 3.63) is 59.9 Å². The van der Waals surface area contributed by atoms with Gasteiger partial charge >= 0.3 is 6.61 Å². The van der Waals surface area contributed by atoms with Gasteiger partial charge in [0.05, 0.1) is 6.21 Å². The van der Waals surface area contributed by atoms with Crippen LogP contribution < -0.4 is 15.5 Å². The summed E-state index contributed by atoms with van der Waals surface area (Å²) < 4.78 is 41.7. The quantitative estimate of drug-likeness (QED) is 0.495. The lowest BCUT2D eigenvalue weighted by molar-refractivity contribution is -0.0499. The van der Waals surface area contributed by atoms with Gasteiger partial charge in [0.2, 0.25) is 0 Å². The summed E-state index contributed by atoms with van der Waals surface area (Å²) in [6, 6.07) is 11.8. The van der Waals surface area contributed by atoms with Crippen LogP contribution in [-0.4, -0.2) is 17.9 Å². The maximum Gasteiger partial charge on any atom is 0.387 e. The zero-order valence-electron chi connectivity index (χ0n) is 11.7. The highest BCUT2D eigenvalue weighted by Gasteiger charge is 2.07. The Kier molecular flexibility index (Phi) is 5.93. The molecule has 0 fully saturated rings. The summed E-state index contributed by atoms with van der Waals surface area (Å²) in [5.74, 6) is -0.353. The van der Waals surface area contributed by atoms with E-state index in [0.29, 0.717) is 11.3 Å². The summed E-state index contributed by atoms with van der Waals surface area (Å²) in [6.07, 6.45) is 1.30. The average Bonchev–Trinajstić information content (AvgIpc) is 2.51. The molecule has 2 N–H and O–H groups in total. The molecule has 120 valence electrons. The minimum absolute atomic E-state index is 0.00506. The van der Waals surface area contributed by atoms with E-state index < -0.39 is 6.61 Å². The zero-order chi connectivity index (χ0) is 16.7. The van der Waals surface area contributed by atoms with E-state index in [1.807, 2.05) is 0 Å². The van der Waals surface area contributed by atoms with Crippen LogP contribution in [0.2, 0.25) is 0 Å². The van der Waals surface area contributed by atoms with Gasteiger partial charge in [0.25, 0.3) is 0 Å². The number of ether oxygens (including phenoxy) is 1. The number of alkyl halides is 2. The maximum absolute atomic E-state index is 12.8. The lowest BCUT2D eigenvalue weighted by Gasteiger charge is -2.08. The summed E-state index contributed by atoms with van der Waals surface area (Å²) in [4.78, 5) is 0. The second-order valence-corrected chi connectivity index (χ2v) is 4.66. The first-order valence-electron chi connectivity index (χ1n) is 6.44. The number of benzene rings is 2. The van der Waals surface area contributed by atoms with Crippen LogP contribution in [0, 0.1) is 5.82 Å². The Labute approximate surface area is 136 Å². The van der Waals surface area contributed by atoms with E-state index in [1.165, 1.54) is 36.5 Å². The number of halogens is 3. The van der Waals surface area contributed by atoms with Gasteiger partial charge in [-0.25, -0.2) is 4.39 Å². The summed E-state index contributed by atoms with van der Waals surface area (Å²) in [5, 5.41) is 6.80. The molecular formula is C15H12F3N3OS. The predicted octanol–water partition coefficient (Wildman–Crippen LogP) is 3.75. The number of anilines is 1. The van der Waals surface area contributed by atoms with Crippen molar-refractivity contribution in [3.8, 4) is 5.75 Å². The fourth-order valence-electron chi connectivity index (χ4n) is 1.64. The van der Waals surface area contributed by atoms with Crippen LogP contribution in [0.3, 0.4) is 0 Å². The third-order valence-electron chi connectivity index (χ3n) is 2.61. The van der Waals surface area contributed by atoms with E-state index in [9.17, 15) is 13.2 Å². The second-order valence-electron chi connectivity index (χ2n) is 4.25. The van der Waals surface area contributed by atoms with Gasteiger partial charge in [-0.05, 0) is 48.6 Å². The molecule has 0 aliphatic carbocycles. The largest absolute Gasteiger partial charge is 0.434 e. The summed E-state index contributed by atoms with van der Waals surface area (Å²) in [7, 11) is 0. The third-order valence-corrected chi connectivity index (χ3v) is 2.80. The van der Waals surface area contributed by atoms with Crippen molar-refractivity contribution in [2.24, 2.45) is 5.10 Å². The van der Waals surface area contributed by atoms with Gasteiger partial charge in [-0.2, -0.15) is 13.9 Å². The highest BCUT2D eigenvalue weighted by molar-refractivity contribution is 7.80. The molecule has 0 heterocycles. The van der Waals surface area contributed by atoms with Crippen LogP contribution in [0.1, 0.15) is 5.56 Å². The molecule has 0 aliphatic heterocycles. The molecule has 2 aromatic carbocycles. The normalized spacial score (nSPS) is 10.8. The Morgan fingerprint density at radius 1 is 1.13 bits per heavy atom. The van der Waals surface area contributed by atoms with Gasteiger partial charge in [0.15, 0.2) is 5.11 Å². The molecule has 0 bridgehead atoms. The molecule has 0 atom stereocenters. The fraction of sp³-hybridized carbons (Fsp3) is 0.0667. The van der Waals surface area contributed by atoms with Gasteiger partial charge in [-0.15, -0.1) is 0 Å². The summed E-state index contributed by atoms with van der Waals surface area (Å²) in [5.41, 5.74) is 3.48. The number of rotatable bonds is 5. The molecular weight excluding hydrogens is 327 g/mol. The second kappa shape index (κ2) is 8.14. The van der Waals surface area contributed by atoms with Gasteiger partial charge in [0.1, 0.15) is 11.6 Å². The van der Waals surface area contributed by atoms with E-state index >= 15 is 0 Å². The topological polar surface area (TPSA) is 45.7 Å². The standard InChI is InChI=1S/C15H12F3N3OS/c16-11-5-7-12(8-6-11)20-15(23)21-19-9-10-3-1-2-4-13(10)22-14(17)18/h1-9,14H,(H2,20,21,23)/b19-9-. The molecule has 4 nitrogen and oxygen atoms in total. The van der Waals surface area contributed by atoms with E-state index in [2.05, 4.69) is 20.6 Å². The predicted molar refractivity (Wildman–Crippen MR) is 86.4 cm³/mol. The Morgan fingerprint density at radius 2 is 1.83 bits per heavy atom. The van der Waals surface area contributed by atoms with Crippen molar-refractivity contribution in [3.63, 3.8) is 0 Å². The Hall–Kier alpha value is -2.61. The molecule has 2 aromatic rings. The highest BCUT2D eigenvalue weighted by atomic mass is 32.1. The smallest absolute Gasteiger partial charge is 0.387 e. The number of hydrazone groups is 1. The first-order chi connectivity index (χ1) is 11.0. The highest BCUT2D eigenvalue weighted by Crippen LogP contribution is 2.18. The fourth-order valence-corrected chi connectivity index (χ4v) is 1.81. The molecule has 0 aliphatic rings. The molecule has 2 rings (SSSR count). The number of hydrogen-bond donors (Lipinski definition) is 2. The molecule has 0 saturated heterocycles. The SMILES string of the molecule is Fc1ccc(NC(=S)N/N=C\c2ccccc2OC(F)F)cc1. The Morgan fingerprint density at radius 3 is 2.52 bits per heavy atom.